The van der Waals surface area contributed by atoms with Gasteiger partial charge in [-0.05, 0) is 23.3 Å². The second-order valence-electron chi connectivity index (χ2n) is 7.94. The molecule has 0 saturated carbocycles. The van der Waals surface area contributed by atoms with E-state index in [0.717, 1.165) is 16.0 Å². The van der Waals surface area contributed by atoms with E-state index in [9.17, 15) is 14.4 Å². The minimum absolute atomic E-state index is 0.0147. The molecule has 7 nitrogen and oxygen atoms in total. The number of anilines is 2. The fourth-order valence-corrected chi connectivity index (χ4v) is 4.59. The van der Waals surface area contributed by atoms with Gasteiger partial charge in [-0.25, -0.2) is 4.79 Å². The van der Waals surface area contributed by atoms with E-state index in [-0.39, 0.29) is 36.9 Å². The van der Waals surface area contributed by atoms with Crippen molar-refractivity contribution in [3.05, 3.63) is 123 Å². The van der Waals surface area contributed by atoms with Crippen molar-refractivity contribution in [2.75, 3.05) is 16.4 Å². The average molecular weight is 487 g/mol. The number of aromatic amines is 1. The van der Waals surface area contributed by atoms with Gasteiger partial charge in [0.15, 0.2) is 5.69 Å². The minimum atomic E-state index is -0.684. The van der Waals surface area contributed by atoms with Crippen LogP contribution in [0.4, 0.5) is 11.5 Å². The van der Waals surface area contributed by atoms with Crippen molar-refractivity contribution in [1.29, 1.82) is 0 Å². The molecule has 3 N–H and O–H groups in total. The number of aromatic nitrogens is 2. The molecule has 1 aromatic heterocycles. The third-order valence-electron chi connectivity index (χ3n) is 5.48. The van der Waals surface area contributed by atoms with Crippen LogP contribution in [0.3, 0.4) is 0 Å². The Kier molecular flexibility index (Phi) is 7.84. The predicted octanol–water partition coefficient (Wildman–Crippen LogP) is 3.88. The minimum Gasteiger partial charge on any atom is -0.383 e. The molecule has 8 heteroatoms. The number of nitrogens with zero attached hydrogens (tertiary/aromatic N) is 2. The van der Waals surface area contributed by atoms with E-state index in [1.54, 1.807) is 11.8 Å². The zero-order valence-corrected chi connectivity index (χ0v) is 19.9. The number of H-pyrrole nitrogens is 1. The number of carbonyl (C=O) groups excluding carboxylic acids is 1. The van der Waals surface area contributed by atoms with Crippen molar-refractivity contribution < 1.29 is 4.79 Å². The first-order valence-corrected chi connectivity index (χ1v) is 12.2. The number of benzene rings is 3. The van der Waals surface area contributed by atoms with Gasteiger partial charge in [0, 0.05) is 17.1 Å². The van der Waals surface area contributed by atoms with E-state index in [2.05, 4.69) is 4.98 Å². The second kappa shape index (κ2) is 11.4. The van der Waals surface area contributed by atoms with Crippen molar-refractivity contribution >= 4 is 29.2 Å². The molecule has 4 rings (SSSR count). The van der Waals surface area contributed by atoms with Crippen molar-refractivity contribution in [2.45, 2.75) is 24.4 Å². The zero-order valence-electron chi connectivity index (χ0n) is 19.1. The summed E-state index contributed by atoms with van der Waals surface area (Å²) in [5.74, 6) is 0.247. The summed E-state index contributed by atoms with van der Waals surface area (Å²) >= 11 is 1.56. The first-order valence-electron chi connectivity index (χ1n) is 11.2. The number of hydrogen-bond donors (Lipinski definition) is 2. The molecule has 0 bridgehead atoms. The summed E-state index contributed by atoms with van der Waals surface area (Å²) in [5, 5.41) is 0. The van der Waals surface area contributed by atoms with Gasteiger partial charge >= 0.3 is 5.69 Å². The number of rotatable bonds is 9. The Labute approximate surface area is 207 Å². The van der Waals surface area contributed by atoms with Crippen LogP contribution in [0.2, 0.25) is 0 Å². The van der Waals surface area contributed by atoms with Crippen molar-refractivity contribution in [3.63, 3.8) is 0 Å². The maximum Gasteiger partial charge on any atom is 0.330 e. The van der Waals surface area contributed by atoms with E-state index in [4.69, 9.17) is 5.73 Å². The zero-order chi connectivity index (χ0) is 24.6. The molecule has 0 fully saturated rings. The molecule has 0 aliphatic rings. The highest BCUT2D eigenvalue weighted by Crippen LogP contribution is 2.23. The Balaban J connectivity index is 1.66. The quantitative estimate of drug-likeness (QED) is 0.350. The SMILES string of the molecule is Nc1c(N(Cc2ccccc2)C(=O)CCSc2ccccc2)c(=O)[nH]c(=O)n1Cc1ccccc1. The number of carbonyl (C=O) groups is 1. The Morgan fingerprint density at radius 2 is 1.43 bits per heavy atom. The molecule has 4 aromatic rings. The third kappa shape index (κ3) is 6.10. The van der Waals surface area contributed by atoms with E-state index >= 15 is 0 Å². The first kappa shape index (κ1) is 24.1. The number of nitrogens with two attached hydrogens (primary N) is 1. The lowest BCUT2D eigenvalue weighted by molar-refractivity contribution is -0.118. The normalized spacial score (nSPS) is 10.7. The summed E-state index contributed by atoms with van der Waals surface area (Å²) in [4.78, 5) is 43.8. The molecule has 0 radical (unpaired) electrons. The smallest absolute Gasteiger partial charge is 0.330 e. The first-order chi connectivity index (χ1) is 17.0. The van der Waals surface area contributed by atoms with Crippen LogP contribution in [0.5, 0.6) is 0 Å². The van der Waals surface area contributed by atoms with Crippen LogP contribution >= 0.6 is 11.8 Å². The molecule has 0 aliphatic carbocycles. The van der Waals surface area contributed by atoms with Gasteiger partial charge < -0.3 is 10.6 Å². The Hall–Kier alpha value is -4.04. The van der Waals surface area contributed by atoms with E-state index in [1.807, 2.05) is 91.0 Å². The molecule has 178 valence electrons. The Morgan fingerprint density at radius 3 is 2.06 bits per heavy atom. The van der Waals surface area contributed by atoms with E-state index in [0.29, 0.717) is 5.75 Å². The highest BCUT2D eigenvalue weighted by atomic mass is 32.2. The fourth-order valence-electron chi connectivity index (χ4n) is 3.73. The van der Waals surface area contributed by atoms with Gasteiger partial charge in [-0.1, -0.05) is 78.9 Å². The molecular formula is C27H26N4O3S. The van der Waals surface area contributed by atoms with Crippen LogP contribution in [0.1, 0.15) is 17.5 Å². The number of amides is 1. The Bertz CT molecular complexity index is 1390. The summed E-state index contributed by atoms with van der Waals surface area (Å²) < 4.78 is 1.29. The number of nitrogens with one attached hydrogen (secondary N) is 1. The molecule has 0 saturated heterocycles. The summed E-state index contributed by atoms with van der Waals surface area (Å²) in [6.45, 7) is 0.332. The largest absolute Gasteiger partial charge is 0.383 e. The van der Waals surface area contributed by atoms with Crippen LogP contribution in [0.25, 0.3) is 0 Å². The lowest BCUT2D eigenvalue weighted by Crippen LogP contribution is -2.41. The molecule has 0 atom stereocenters. The fraction of sp³-hybridized carbons (Fsp3) is 0.148. The molecular weight excluding hydrogens is 460 g/mol. The maximum atomic E-state index is 13.4. The van der Waals surface area contributed by atoms with Crippen LogP contribution in [-0.4, -0.2) is 21.2 Å². The van der Waals surface area contributed by atoms with Crippen LogP contribution < -0.4 is 21.9 Å². The summed E-state index contributed by atoms with van der Waals surface area (Å²) in [5.41, 5.74) is 6.76. The summed E-state index contributed by atoms with van der Waals surface area (Å²) in [7, 11) is 0. The lowest BCUT2D eigenvalue weighted by atomic mass is 10.2. The molecule has 35 heavy (non-hydrogen) atoms. The van der Waals surface area contributed by atoms with Gasteiger partial charge in [-0.3, -0.25) is 19.1 Å². The molecule has 1 amide bonds. The average Bonchev–Trinajstić information content (AvgIpc) is 2.87. The predicted molar refractivity (Wildman–Crippen MR) is 141 cm³/mol. The van der Waals surface area contributed by atoms with Crippen molar-refractivity contribution in [2.24, 2.45) is 0 Å². The number of hydrogen-bond acceptors (Lipinski definition) is 5. The monoisotopic (exact) mass is 486 g/mol. The molecule has 0 aliphatic heterocycles. The molecule has 0 spiro atoms. The number of nitrogen functional groups attached to an aromatic ring is 1. The van der Waals surface area contributed by atoms with Gasteiger partial charge in [0.25, 0.3) is 5.56 Å². The second-order valence-corrected chi connectivity index (χ2v) is 9.11. The van der Waals surface area contributed by atoms with Gasteiger partial charge in [-0.2, -0.15) is 0 Å². The lowest BCUT2D eigenvalue weighted by Gasteiger charge is -2.25. The third-order valence-corrected chi connectivity index (χ3v) is 6.49. The van der Waals surface area contributed by atoms with Crippen LogP contribution in [0.15, 0.2) is 105 Å². The van der Waals surface area contributed by atoms with Crippen molar-refractivity contribution in [1.82, 2.24) is 9.55 Å². The molecule has 0 unspecified atom stereocenters. The standard InChI is InChI=1S/C27H26N4O3S/c28-25-24(26(33)29-27(34)31(25)19-21-12-6-2-7-13-21)30(18-20-10-4-1-5-11-20)23(32)16-17-35-22-14-8-3-9-15-22/h1-15H,16-19,28H2,(H,29,33,34). The van der Waals surface area contributed by atoms with Crippen LogP contribution in [0, 0.1) is 0 Å². The maximum absolute atomic E-state index is 13.4. The van der Waals surface area contributed by atoms with Gasteiger partial charge in [0.05, 0.1) is 13.1 Å². The highest BCUT2D eigenvalue weighted by molar-refractivity contribution is 7.99. The summed E-state index contributed by atoms with van der Waals surface area (Å²) in [6.07, 6.45) is 0.198. The topological polar surface area (TPSA) is 101 Å². The van der Waals surface area contributed by atoms with Gasteiger partial charge in [0.2, 0.25) is 5.91 Å². The van der Waals surface area contributed by atoms with Crippen molar-refractivity contribution in [3.8, 4) is 0 Å². The van der Waals surface area contributed by atoms with E-state index in [1.165, 1.54) is 9.47 Å². The molecule has 3 aromatic carbocycles. The summed E-state index contributed by atoms with van der Waals surface area (Å²) in [6, 6.07) is 28.5. The van der Waals surface area contributed by atoms with E-state index < -0.39 is 11.2 Å². The van der Waals surface area contributed by atoms with Crippen LogP contribution in [-0.2, 0) is 17.9 Å². The van der Waals surface area contributed by atoms with Gasteiger partial charge in [-0.15, -0.1) is 11.8 Å². The number of thioether (sulfide) groups is 1. The Morgan fingerprint density at radius 1 is 0.857 bits per heavy atom. The van der Waals surface area contributed by atoms with Gasteiger partial charge in [0.1, 0.15) is 5.82 Å². The molecule has 1 heterocycles. The highest BCUT2D eigenvalue weighted by Gasteiger charge is 2.24.